The van der Waals surface area contributed by atoms with Crippen molar-refractivity contribution >= 4 is 34.8 Å². The maximum Gasteiger partial charge on any atom is 0.420 e. The molecule has 2 heterocycles. The first-order valence-electron chi connectivity index (χ1n) is 8.72. The molecule has 3 aromatic rings. The highest BCUT2D eigenvalue weighted by Gasteiger charge is 2.34. The van der Waals surface area contributed by atoms with E-state index in [2.05, 4.69) is 15.0 Å². The topological polar surface area (TPSA) is 153 Å². The average Bonchev–Trinajstić information content (AvgIpc) is 3.13. The number of anilines is 2. The molecular weight excluding hydrogens is 402 g/mol. The third-order valence-corrected chi connectivity index (χ3v) is 4.16. The molecule has 156 valence electrons. The van der Waals surface area contributed by atoms with Gasteiger partial charge in [0, 0.05) is 12.4 Å². The Labute approximate surface area is 168 Å². The van der Waals surface area contributed by atoms with Crippen LogP contribution in [0.15, 0.2) is 30.9 Å². The summed E-state index contributed by atoms with van der Waals surface area (Å²) in [5.41, 5.74) is 4.56. The number of rotatable bonds is 6. The van der Waals surface area contributed by atoms with Gasteiger partial charge in [-0.2, -0.15) is 9.91 Å². The first kappa shape index (κ1) is 21.0. The second-order valence-corrected chi connectivity index (χ2v) is 6.09. The highest BCUT2D eigenvalue weighted by Crippen LogP contribution is 2.27. The van der Waals surface area contributed by atoms with Crippen molar-refractivity contribution in [1.29, 1.82) is 0 Å². The second-order valence-electron chi connectivity index (χ2n) is 6.09. The van der Waals surface area contributed by atoms with Gasteiger partial charge in [0.2, 0.25) is 0 Å². The molecule has 0 atom stereocenters. The van der Waals surface area contributed by atoms with Crippen LogP contribution >= 0.6 is 0 Å². The first-order chi connectivity index (χ1) is 14.4. The van der Waals surface area contributed by atoms with Gasteiger partial charge in [-0.15, -0.1) is 0 Å². The van der Waals surface area contributed by atoms with Gasteiger partial charge >= 0.3 is 12.1 Å². The Morgan fingerprint density at radius 3 is 2.50 bits per heavy atom. The summed E-state index contributed by atoms with van der Waals surface area (Å²) in [4.78, 5) is 35.8. The normalized spacial score (nSPS) is 10.9. The van der Waals surface area contributed by atoms with Gasteiger partial charge in [-0.25, -0.2) is 33.3 Å². The lowest BCUT2D eigenvalue weighted by atomic mass is 10.2. The molecule has 3 N–H and O–H groups in total. The van der Waals surface area contributed by atoms with Crippen LogP contribution in [0.5, 0.6) is 0 Å². The Hall–Kier alpha value is -3.71. The third-order valence-electron chi connectivity index (χ3n) is 4.16. The lowest BCUT2D eigenvalue weighted by Gasteiger charge is -2.22. The lowest BCUT2D eigenvalue weighted by molar-refractivity contribution is 0.199. The predicted octanol–water partition coefficient (Wildman–Crippen LogP) is 1.94. The van der Waals surface area contributed by atoms with E-state index in [-0.39, 0.29) is 21.1 Å². The first-order valence-corrected chi connectivity index (χ1v) is 8.72. The molecule has 0 aliphatic heterocycles. The smallest absolute Gasteiger partial charge is 0.420 e. The molecule has 2 aromatic heterocycles. The number of carbonyl (C=O) groups excluding carboxylic acids is 1. The zero-order chi connectivity index (χ0) is 21.8. The summed E-state index contributed by atoms with van der Waals surface area (Å²) >= 11 is 0. The Balaban J connectivity index is 1.98. The number of hydrogen-bond donors (Lipinski definition) is 2. The number of carbonyl (C=O) groups is 2. The van der Waals surface area contributed by atoms with Crippen molar-refractivity contribution in [2.45, 2.75) is 19.4 Å². The summed E-state index contributed by atoms with van der Waals surface area (Å²) in [5.74, 6) is 7.28. The fraction of sp³-hybridized carbons (Fsp3) is 0.235. The summed E-state index contributed by atoms with van der Waals surface area (Å²) in [6.45, 7) is 1.01. The van der Waals surface area contributed by atoms with Crippen molar-refractivity contribution < 1.29 is 23.5 Å². The minimum absolute atomic E-state index is 0.0135. The number of aryl methyl sites for hydroxylation is 1. The minimum Gasteiger partial charge on any atom is -0.464 e. The van der Waals surface area contributed by atoms with Crippen molar-refractivity contribution in [1.82, 2.24) is 25.4 Å². The molecule has 0 saturated heterocycles. The van der Waals surface area contributed by atoms with Gasteiger partial charge in [0.1, 0.15) is 12.0 Å². The summed E-state index contributed by atoms with van der Waals surface area (Å²) in [7, 11) is 0. The van der Waals surface area contributed by atoms with Crippen LogP contribution in [0, 0.1) is 11.6 Å². The standard InChI is InChI=1S/C17H16F2N8O3/c18-10-4-3-5-11(19)13(10)26(17(29)30)16(28)27(21)15-12-14(22-8-23-15)25(9-24-12)7-2-1-6-20/h3-5,8-9H,1-2,6-7,20H2,(H,29,30). The number of aromatic nitrogens is 4. The molecule has 3 amide bonds. The van der Waals surface area contributed by atoms with E-state index in [4.69, 9.17) is 5.73 Å². The molecule has 0 aliphatic carbocycles. The summed E-state index contributed by atoms with van der Waals surface area (Å²) in [6, 6.07) is 0.870. The third kappa shape index (κ3) is 3.88. The number of carboxylic acid groups (broad SMARTS) is 1. The predicted molar refractivity (Wildman–Crippen MR) is 100 cm³/mol. The van der Waals surface area contributed by atoms with E-state index in [0.29, 0.717) is 13.1 Å². The second kappa shape index (κ2) is 8.75. The number of benzene rings is 1. The van der Waals surface area contributed by atoms with Crippen LogP contribution in [0.3, 0.4) is 0 Å². The maximum atomic E-state index is 14.0. The van der Waals surface area contributed by atoms with E-state index in [1.807, 2.05) is 0 Å². The largest absolute Gasteiger partial charge is 0.464 e. The van der Waals surface area contributed by atoms with E-state index < -0.39 is 35.3 Å². The van der Waals surface area contributed by atoms with Gasteiger partial charge < -0.3 is 15.4 Å². The molecule has 30 heavy (non-hydrogen) atoms. The Bertz CT molecular complexity index is 1070. The molecule has 2 radical (unpaired) electrons. The van der Waals surface area contributed by atoms with Gasteiger partial charge in [-0.1, -0.05) is 6.07 Å². The number of para-hydroxylation sites is 1. The molecule has 11 nitrogen and oxygen atoms in total. The molecule has 0 saturated carbocycles. The molecule has 0 spiro atoms. The average molecular weight is 418 g/mol. The zero-order valence-electron chi connectivity index (χ0n) is 15.4. The van der Waals surface area contributed by atoms with Crippen LogP contribution in [-0.4, -0.2) is 43.3 Å². The number of halogens is 2. The van der Waals surface area contributed by atoms with E-state index in [1.165, 1.54) is 6.33 Å². The number of hydrogen-bond acceptors (Lipinski definition) is 6. The van der Waals surface area contributed by atoms with Crippen LogP contribution in [0.2, 0.25) is 0 Å². The number of urea groups is 1. The monoisotopic (exact) mass is 418 g/mol. The quantitative estimate of drug-likeness (QED) is 0.458. The van der Waals surface area contributed by atoms with Crippen LogP contribution in [0.4, 0.5) is 29.9 Å². The Morgan fingerprint density at radius 2 is 1.87 bits per heavy atom. The fourth-order valence-corrected chi connectivity index (χ4v) is 2.77. The van der Waals surface area contributed by atoms with Crippen molar-refractivity contribution in [2.24, 2.45) is 5.73 Å². The van der Waals surface area contributed by atoms with Crippen LogP contribution in [0.1, 0.15) is 12.8 Å². The number of unbranched alkanes of at least 4 members (excludes halogenated alkanes) is 1. The fourth-order valence-electron chi connectivity index (χ4n) is 2.77. The molecular formula is C17H16F2N8O3. The van der Waals surface area contributed by atoms with Gasteiger partial charge in [0.25, 0.3) is 0 Å². The van der Waals surface area contributed by atoms with Crippen LogP contribution in [-0.2, 0) is 6.54 Å². The van der Waals surface area contributed by atoms with Crippen molar-refractivity contribution in [3.8, 4) is 0 Å². The number of nitrogens with zero attached hydrogens (tertiary/aromatic N) is 7. The number of amides is 3. The SMILES string of the molecule is [N]N(C(=O)N(C(=O)O)c1c(F)cccc1F)c1ncnc2c1ncn2CCCCN. The van der Waals surface area contributed by atoms with Gasteiger partial charge in [0.15, 0.2) is 28.6 Å². The maximum absolute atomic E-state index is 14.0. The lowest BCUT2D eigenvalue weighted by Crippen LogP contribution is -2.47. The van der Waals surface area contributed by atoms with Gasteiger partial charge in [-0.3, -0.25) is 0 Å². The summed E-state index contributed by atoms with van der Waals surface area (Å²) in [5, 5.41) is 9.20. The molecule has 3 rings (SSSR count). The molecule has 0 aliphatic rings. The highest BCUT2D eigenvalue weighted by molar-refractivity contribution is 6.17. The molecule has 0 bridgehead atoms. The summed E-state index contributed by atoms with van der Waals surface area (Å²) in [6.07, 6.45) is 1.90. The molecule has 0 unspecified atom stereocenters. The van der Waals surface area contributed by atoms with E-state index in [1.54, 1.807) is 4.57 Å². The van der Waals surface area contributed by atoms with Crippen molar-refractivity contribution in [3.05, 3.63) is 42.5 Å². The van der Waals surface area contributed by atoms with Crippen molar-refractivity contribution in [3.63, 3.8) is 0 Å². The molecule has 0 fully saturated rings. The van der Waals surface area contributed by atoms with E-state index in [0.717, 1.165) is 37.4 Å². The molecule has 13 heteroatoms. The number of fused-ring (bicyclic) bond motifs is 1. The van der Waals surface area contributed by atoms with Crippen molar-refractivity contribution in [2.75, 3.05) is 16.5 Å². The number of imide groups is 1. The number of nitrogens with two attached hydrogens (primary N) is 1. The summed E-state index contributed by atoms with van der Waals surface area (Å²) < 4.78 is 29.7. The van der Waals surface area contributed by atoms with Crippen LogP contribution in [0.25, 0.3) is 11.2 Å². The van der Waals surface area contributed by atoms with E-state index in [9.17, 15) is 29.3 Å². The number of imidazole rings is 1. The van der Waals surface area contributed by atoms with E-state index >= 15 is 0 Å². The Kier molecular flexibility index (Phi) is 6.13. The Morgan fingerprint density at radius 1 is 1.17 bits per heavy atom. The van der Waals surface area contributed by atoms with Crippen LogP contribution < -0.4 is 21.5 Å². The minimum atomic E-state index is -2.01. The zero-order valence-corrected chi connectivity index (χ0v) is 15.4. The van der Waals surface area contributed by atoms with Gasteiger partial charge in [-0.05, 0) is 31.5 Å². The highest BCUT2D eigenvalue weighted by atomic mass is 19.1. The van der Waals surface area contributed by atoms with Gasteiger partial charge in [0.05, 0.1) is 6.33 Å². The molecule has 1 aromatic carbocycles.